The van der Waals surface area contributed by atoms with Gasteiger partial charge in [-0.1, -0.05) is 49.4 Å². The lowest BCUT2D eigenvalue weighted by Crippen LogP contribution is -2.42. The number of amides is 2. The summed E-state index contributed by atoms with van der Waals surface area (Å²) in [6.07, 6.45) is 0.758. The molecule has 4 aromatic rings. The van der Waals surface area contributed by atoms with Crippen LogP contribution in [0.2, 0.25) is 0 Å². The highest BCUT2D eigenvalue weighted by molar-refractivity contribution is 8.00. The van der Waals surface area contributed by atoms with Crippen molar-refractivity contribution in [1.82, 2.24) is 15.1 Å². The van der Waals surface area contributed by atoms with Crippen molar-refractivity contribution in [3.8, 4) is 16.9 Å². The molecule has 38 heavy (non-hydrogen) atoms. The van der Waals surface area contributed by atoms with Gasteiger partial charge in [-0.15, -0.1) is 11.8 Å². The van der Waals surface area contributed by atoms with Gasteiger partial charge in [0.2, 0.25) is 11.8 Å². The van der Waals surface area contributed by atoms with Crippen molar-refractivity contribution in [2.24, 2.45) is 0 Å². The monoisotopic (exact) mass is 532 g/mol. The standard InChI is InChI=1S/C29H26F2N4O2S/c1-2-15-32-24(36)17-34-25(37)18-38-28(20-9-6-10-22(31)16-20)26-27(19-7-4-3-5-8-19)33-35(29(26)34)23-13-11-21(30)12-14-23/h3-14,16,28H,2,15,17-18H2,1H3,(H,32,36). The number of nitrogens with zero attached hydrogens (tertiary/aromatic N) is 3. The van der Waals surface area contributed by atoms with Crippen molar-refractivity contribution in [2.45, 2.75) is 18.6 Å². The zero-order chi connectivity index (χ0) is 26.6. The summed E-state index contributed by atoms with van der Waals surface area (Å²) in [6.45, 7) is 2.23. The summed E-state index contributed by atoms with van der Waals surface area (Å²) >= 11 is 1.36. The largest absolute Gasteiger partial charge is 0.355 e. The van der Waals surface area contributed by atoms with Gasteiger partial charge in [0.05, 0.1) is 22.4 Å². The zero-order valence-electron chi connectivity index (χ0n) is 20.7. The molecular weight excluding hydrogens is 506 g/mol. The summed E-state index contributed by atoms with van der Waals surface area (Å²) in [6, 6.07) is 21.6. The highest BCUT2D eigenvalue weighted by atomic mass is 32.2. The minimum absolute atomic E-state index is 0.0779. The van der Waals surface area contributed by atoms with Crippen LogP contribution in [0, 0.1) is 11.6 Å². The fourth-order valence-electron chi connectivity index (χ4n) is 4.49. The van der Waals surface area contributed by atoms with Crippen LogP contribution < -0.4 is 10.2 Å². The fourth-order valence-corrected chi connectivity index (χ4v) is 5.68. The molecule has 0 saturated carbocycles. The summed E-state index contributed by atoms with van der Waals surface area (Å²) in [5.74, 6) is -0.878. The second-order valence-corrected chi connectivity index (χ2v) is 10.0. The lowest BCUT2D eigenvalue weighted by molar-refractivity contribution is -0.122. The van der Waals surface area contributed by atoms with E-state index in [2.05, 4.69) is 5.32 Å². The molecule has 194 valence electrons. The zero-order valence-corrected chi connectivity index (χ0v) is 21.6. The number of aromatic nitrogens is 2. The van der Waals surface area contributed by atoms with Crippen LogP contribution in [0.15, 0.2) is 78.9 Å². The molecule has 6 nitrogen and oxygen atoms in total. The number of carbonyl (C=O) groups excluding carboxylic acids is 2. The number of anilines is 1. The number of nitrogens with one attached hydrogen (secondary N) is 1. The summed E-state index contributed by atoms with van der Waals surface area (Å²) in [7, 11) is 0. The molecule has 2 heterocycles. The van der Waals surface area contributed by atoms with Gasteiger partial charge in [0, 0.05) is 17.7 Å². The molecule has 0 aliphatic carbocycles. The van der Waals surface area contributed by atoms with Crippen LogP contribution in [0.5, 0.6) is 0 Å². The van der Waals surface area contributed by atoms with E-state index in [4.69, 9.17) is 5.10 Å². The molecule has 0 radical (unpaired) electrons. The first-order chi connectivity index (χ1) is 18.5. The van der Waals surface area contributed by atoms with Crippen LogP contribution in [0.1, 0.15) is 29.7 Å². The van der Waals surface area contributed by atoms with E-state index >= 15 is 0 Å². The number of halogens is 2. The molecule has 1 aromatic heterocycles. The van der Waals surface area contributed by atoms with Gasteiger partial charge in [-0.05, 0) is 48.4 Å². The number of carbonyl (C=O) groups is 2. The summed E-state index contributed by atoms with van der Waals surface area (Å²) in [5, 5.41) is 7.31. The Morgan fingerprint density at radius 3 is 2.50 bits per heavy atom. The van der Waals surface area contributed by atoms with E-state index in [1.165, 1.54) is 40.9 Å². The van der Waals surface area contributed by atoms with E-state index in [1.54, 1.807) is 22.9 Å². The number of fused-ring (bicyclic) bond motifs is 1. The van der Waals surface area contributed by atoms with Crippen molar-refractivity contribution in [3.63, 3.8) is 0 Å². The minimum Gasteiger partial charge on any atom is -0.355 e. The Labute approximate surface area is 223 Å². The van der Waals surface area contributed by atoms with Gasteiger partial charge >= 0.3 is 0 Å². The van der Waals surface area contributed by atoms with E-state index in [0.717, 1.165) is 12.0 Å². The van der Waals surface area contributed by atoms with E-state index in [1.807, 2.05) is 43.3 Å². The van der Waals surface area contributed by atoms with Crippen LogP contribution >= 0.6 is 11.8 Å². The molecule has 0 fully saturated rings. The topological polar surface area (TPSA) is 67.2 Å². The molecule has 1 aliphatic rings. The highest BCUT2D eigenvalue weighted by Crippen LogP contribution is 2.48. The highest BCUT2D eigenvalue weighted by Gasteiger charge is 2.37. The minimum atomic E-state index is -0.447. The molecule has 3 aromatic carbocycles. The summed E-state index contributed by atoms with van der Waals surface area (Å²) in [4.78, 5) is 27.9. The third-order valence-corrected chi connectivity index (χ3v) is 7.49. The van der Waals surface area contributed by atoms with E-state index in [9.17, 15) is 18.4 Å². The van der Waals surface area contributed by atoms with E-state index in [-0.39, 0.29) is 29.9 Å². The Morgan fingerprint density at radius 2 is 1.79 bits per heavy atom. The third kappa shape index (κ3) is 5.19. The van der Waals surface area contributed by atoms with Crippen molar-refractivity contribution < 1.29 is 18.4 Å². The summed E-state index contributed by atoms with van der Waals surface area (Å²) < 4.78 is 29.8. The first kappa shape index (κ1) is 25.7. The van der Waals surface area contributed by atoms with Crippen LogP contribution in [-0.2, 0) is 9.59 Å². The molecule has 1 unspecified atom stereocenters. The number of hydrogen-bond donors (Lipinski definition) is 1. The maximum Gasteiger partial charge on any atom is 0.240 e. The Balaban J connectivity index is 1.78. The normalized spacial score (nSPS) is 15.2. The lowest BCUT2D eigenvalue weighted by Gasteiger charge is -2.23. The van der Waals surface area contributed by atoms with Crippen LogP contribution in [-0.4, -0.2) is 40.4 Å². The predicted octanol–water partition coefficient (Wildman–Crippen LogP) is 5.51. The van der Waals surface area contributed by atoms with Crippen molar-refractivity contribution >= 4 is 29.4 Å². The van der Waals surface area contributed by atoms with Gasteiger partial charge in [-0.3, -0.25) is 14.5 Å². The van der Waals surface area contributed by atoms with Crippen molar-refractivity contribution in [3.05, 3.63) is 102 Å². The van der Waals surface area contributed by atoms with Gasteiger partial charge in [0.15, 0.2) is 0 Å². The third-order valence-electron chi connectivity index (χ3n) is 6.23. The Bertz CT molecular complexity index is 1460. The number of rotatable bonds is 7. The molecule has 5 rings (SSSR count). The molecule has 9 heteroatoms. The molecule has 0 saturated heterocycles. The van der Waals surface area contributed by atoms with Crippen LogP contribution in [0.3, 0.4) is 0 Å². The first-order valence-corrected chi connectivity index (χ1v) is 13.4. The van der Waals surface area contributed by atoms with Crippen molar-refractivity contribution in [1.29, 1.82) is 0 Å². The Hall–Kier alpha value is -3.98. The second kappa shape index (κ2) is 11.2. The molecule has 1 aliphatic heterocycles. The maximum absolute atomic E-state index is 14.4. The Morgan fingerprint density at radius 1 is 1.03 bits per heavy atom. The van der Waals surface area contributed by atoms with Gasteiger partial charge in [-0.2, -0.15) is 5.10 Å². The SMILES string of the molecule is CCCNC(=O)CN1C(=O)CSC(c2cccc(F)c2)c2c(-c3ccccc3)nn(-c3ccc(F)cc3)c21. The Kier molecular flexibility index (Phi) is 7.55. The van der Waals surface area contributed by atoms with Crippen LogP contribution in [0.25, 0.3) is 16.9 Å². The first-order valence-electron chi connectivity index (χ1n) is 12.3. The van der Waals surface area contributed by atoms with Gasteiger partial charge in [0.25, 0.3) is 0 Å². The number of thioether (sulfide) groups is 1. The van der Waals surface area contributed by atoms with Gasteiger partial charge in [-0.25, -0.2) is 13.5 Å². The van der Waals surface area contributed by atoms with Gasteiger partial charge < -0.3 is 5.32 Å². The van der Waals surface area contributed by atoms with E-state index < -0.39 is 11.1 Å². The smallest absolute Gasteiger partial charge is 0.240 e. The number of hydrogen-bond acceptors (Lipinski definition) is 4. The fraction of sp³-hybridized carbons (Fsp3) is 0.207. The van der Waals surface area contributed by atoms with Crippen molar-refractivity contribution in [2.75, 3.05) is 23.7 Å². The molecular formula is C29H26F2N4O2S. The molecule has 2 amide bonds. The molecule has 0 spiro atoms. The average molecular weight is 533 g/mol. The molecule has 1 N–H and O–H groups in total. The maximum atomic E-state index is 14.4. The number of benzene rings is 3. The molecule has 1 atom stereocenters. The van der Waals surface area contributed by atoms with E-state index in [0.29, 0.717) is 34.9 Å². The lowest BCUT2D eigenvalue weighted by atomic mass is 9.99. The summed E-state index contributed by atoms with van der Waals surface area (Å²) in [5.41, 5.74) is 3.29. The average Bonchev–Trinajstić information content (AvgIpc) is 3.25. The van der Waals surface area contributed by atoms with Gasteiger partial charge in [0.1, 0.15) is 24.0 Å². The quantitative estimate of drug-likeness (QED) is 0.341. The van der Waals surface area contributed by atoms with Crippen LogP contribution in [0.4, 0.5) is 14.6 Å². The molecule has 0 bridgehead atoms. The second-order valence-electron chi connectivity index (χ2n) is 8.92. The predicted molar refractivity (Wildman–Crippen MR) is 145 cm³/mol.